The van der Waals surface area contributed by atoms with Crippen molar-refractivity contribution in [3.63, 3.8) is 0 Å². The second-order valence-corrected chi connectivity index (χ2v) is 3.95. The third-order valence-corrected chi connectivity index (χ3v) is 2.73. The molecule has 1 saturated heterocycles. The van der Waals surface area contributed by atoms with E-state index in [1.54, 1.807) is 0 Å². The number of nitrogens with zero attached hydrogens (tertiary/aromatic N) is 1. The quantitative estimate of drug-likeness (QED) is 0.643. The average molecular weight is 172 g/mol. The van der Waals surface area contributed by atoms with Gasteiger partial charge in [-0.2, -0.15) is 0 Å². The minimum atomic E-state index is 0.584. The van der Waals surface area contributed by atoms with Crippen molar-refractivity contribution in [2.45, 2.75) is 32.2 Å². The zero-order valence-electron chi connectivity index (χ0n) is 8.12. The van der Waals surface area contributed by atoms with Crippen molar-refractivity contribution in [3.8, 4) is 0 Å². The van der Waals surface area contributed by atoms with E-state index in [1.807, 2.05) is 0 Å². The topological polar surface area (TPSA) is 38.5 Å². The van der Waals surface area contributed by atoms with Crippen LogP contribution >= 0.6 is 0 Å². The average Bonchev–Trinajstić information content (AvgIpc) is 2.37. The van der Waals surface area contributed by atoms with Crippen molar-refractivity contribution in [2.24, 2.45) is 11.8 Å². The molecule has 0 saturated carbocycles. The van der Waals surface area contributed by atoms with Crippen LogP contribution in [-0.4, -0.2) is 31.1 Å². The van der Waals surface area contributed by atoms with Crippen molar-refractivity contribution in [3.05, 3.63) is 0 Å². The second kappa shape index (κ2) is 4.80. The molecule has 0 aliphatic carbocycles. The second-order valence-electron chi connectivity index (χ2n) is 3.95. The predicted octanol–water partition coefficient (Wildman–Crippen LogP) is 0.997. The monoisotopic (exact) mass is 172 g/mol. The summed E-state index contributed by atoms with van der Waals surface area (Å²) < 4.78 is 0. The van der Waals surface area contributed by atoms with Crippen molar-refractivity contribution < 1.29 is 4.84 Å². The molecule has 1 fully saturated rings. The highest BCUT2D eigenvalue weighted by Gasteiger charge is 2.22. The molecule has 1 rings (SSSR count). The molecule has 0 aromatic rings. The molecule has 1 aliphatic heterocycles. The normalized spacial score (nSPS) is 27.8. The van der Waals surface area contributed by atoms with Crippen LogP contribution in [0.5, 0.6) is 0 Å². The van der Waals surface area contributed by atoms with E-state index >= 15 is 0 Å². The van der Waals surface area contributed by atoms with Gasteiger partial charge in [0.15, 0.2) is 0 Å². The third kappa shape index (κ3) is 2.73. The van der Waals surface area contributed by atoms with Gasteiger partial charge >= 0.3 is 0 Å². The summed E-state index contributed by atoms with van der Waals surface area (Å²) in [6, 6.07) is 0.759. The molecule has 0 aromatic carbocycles. The Morgan fingerprint density at radius 1 is 1.67 bits per heavy atom. The first kappa shape index (κ1) is 9.96. The number of nitrogens with two attached hydrogens (primary N) is 1. The van der Waals surface area contributed by atoms with E-state index in [-0.39, 0.29) is 0 Å². The van der Waals surface area contributed by atoms with Crippen LogP contribution in [-0.2, 0) is 4.84 Å². The fourth-order valence-corrected chi connectivity index (χ4v) is 1.97. The Bertz CT molecular complexity index is 130. The Morgan fingerprint density at radius 2 is 2.42 bits per heavy atom. The van der Waals surface area contributed by atoms with Crippen molar-refractivity contribution in [2.75, 3.05) is 20.2 Å². The van der Waals surface area contributed by atoms with E-state index in [4.69, 9.17) is 5.90 Å². The standard InChI is InChI=1S/C9H20N2O/c1-8(7-12-10)6-9-4-3-5-11(9)2/h8-9H,3-7,10H2,1-2H3. The van der Waals surface area contributed by atoms with Crippen LogP contribution in [0.15, 0.2) is 0 Å². The molecule has 0 radical (unpaired) electrons. The molecule has 0 amide bonds. The highest BCUT2D eigenvalue weighted by atomic mass is 16.6. The first-order valence-corrected chi connectivity index (χ1v) is 4.76. The molecule has 3 nitrogen and oxygen atoms in total. The number of hydrogen-bond acceptors (Lipinski definition) is 3. The van der Waals surface area contributed by atoms with Gasteiger partial charge in [-0.15, -0.1) is 0 Å². The molecule has 1 heterocycles. The van der Waals surface area contributed by atoms with Gasteiger partial charge in [-0.3, -0.25) is 0 Å². The van der Waals surface area contributed by atoms with Gasteiger partial charge in [0.05, 0.1) is 6.61 Å². The van der Waals surface area contributed by atoms with Crippen molar-refractivity contribution >= 4 is 0 Å². The lowest BCUT2D eigenvalue weighted by Crippen LogP contribution is -2.28. The third-order valence-electron chi connectivity index (χ3n) is 2.73. The maximum Gasteiger partial charge on any atom is 0.0705 e. The molecule has 2 N–H and O–H groups in total. The van der Waals surface area contributed by atoms with Gasteiger partial charge in [0.2, 0.25) is 0 Å². The van der Waals surface area contributed by atoms with Gasteiger partial charge in [0.1, 0.15) is 0 Å². The van der Waals surface area contributed by atoms with Crippen molar-refractivity contribution in [1.29, 1.82) is 0 Å². The van der Waals surface area contributed by atoms with Crippen LogP contribution in [0.2, 0.25) is 0 Å². The highest BCUT2D eigenvalue weighted by Crippen LogP contribution is 2.21. The summed E-state index contributed by atoms with van der Waals surface area (Å²) in [5, 5.41) is 0. The zero-order chi connectivity index (χ0) is 8.97. The van der Waals surface area contributed by atoms with Crippen LogP contribution in [0.4, 0.5) is 0 Å². The molecular weight excluding hydrogens is 152 g/mol. The van der Waals surface area contributed by atoms with Gasteiger partial charge in [0.25, 0.3) is 0 Å². The fraction of sp³-hybridized carbons (Fsp3) is 1.00. The van der Waals surface area contributed by atoms with E-state index < -0.39 is 0 Å². The Balaban J connectivity index is 2.20. The van der Waals surface area contributed by atoms with Crippen LogP contribution < -0.4 is 5.90 Å². The molecule has 72 valence electrons. The van der Waals surface area contributed by atoms with Gasteiger partial charge < -0.3 is 9.74 Å². The first-order valence-electron chi connectivity index (χ1n) is 4.76. The summed E-state index contributed by atoms with van der Waals surface area (Å²) in [5.41, 5.74) is 0. The lowest BCUT2D eigenvalue weighted by atomic mass is 10.0. The Kier molecular flexibility index (Phi) is 3.98. The smallest absolute Gasteiger partial charge is 0.0705 e. The molecule has 0 bridgehead atoms. The largest absolute Gasteiger partial charge is 0.304 e. The minimum Gasteiger partial charge on any atom is -0.304 e. The Morgan fingerprint density at radius 3 is 2.92 bits per heavy atom. The van der Waals surface area contributed by atoms with Crippen LogP contribution in [0.1, 0.15) is 26.2 Å². The maximum absolute atomic E-state index is 5.02. The molecule has 0 aromatic heterocycles. The van der Waals surface area contributed by atoms with Crippen LogP contribution in [0, 0.1) is 5.92 Å². The lowest BCUT2D eigenvalue weighted by molar-refractivity contribution is 0.0943. The minimum absolute atomic E-state index is 0.584. The molecule has 3 heteroatoms. The summed E-state index contributed by atoms with van der Waals surface area (Å²) in [5.74, 6) is 5.61. The summed E-state index contributed by atoms with van der Waals surface area (Å²) >= 11 is 0. The van der Waals surface area contributed by atoms with Gasteiger partial charge in [-0.1, -0.05) is 6.92 Å². The van der Waals surface area contributed by atoms with Crippen LogP contribution in [0.25, 0.3) is 0 Å². The molecular formula is C9H20N2O. The molecule has 1 aliphatic rings. The fourth-order valence-electron chi connectivity index (χ4n) is 1.97. The summed E-state index contributed by atoms with van der Waals surface area (Å²) in [6.07, 6.45) is 3.90. The summed E-state index contributed by atoms with van der Waals surface area (Å²) in [7, 11) is 2.20. The maximum atomic E-state index is 5.02. The van der Waals surface area contributed by atoms with E-state index in [0.29, 0.717) is 12.5 Å². The zero-order valence-corrected chi connectivity index (χ0v) is 8.12. The highest BCUT2D eigenvalue weighted by molar-refractivity contribution is 4.77. The van der Waals surface area contributed by atoms with E-state index in [1.165, 1.54) is 25.8 Å². The molecule has 2 atom stereocenters. The summed E-state index contributed by atoms with van der Waals surface area (Å²) in [4.78, 5) is 7.07. The predicted molar refractivity (Wildman–Crippen MR) is 49.6 cm³/mol. The van der Waals surface area contributed by atoms with Gasteiger partial charge in [0, 0.05) is 6.04 Å². The van der Waals surface area contributed by atoms with Gasteiger partial charge in [-0.25, -0.2) is 5.90 Å². The van der Waals surface area contributed by atoms with E-state index in [0.717, 1.165) is 6.04 Å². The Hall–Kier alpha value is -0.120. The number of rotatable bonds is 4. The SMILES string of the molecule is CC(CON)CC1CCCN1C. The van der Waals surface area contributed by atoms with Crippen molar-refractivity contribution in [1.82, 2.24) is 4.90 Å². The van der Waals surface area contributed by atoms with Crippen LogP contribution in [0.3, 0.4) is 0 Å². The molecule has 0 spiro atoms. The first-order chi connectivity index (χ1) is 5.74. The number of likely N-dealkylation sites (tertiary alicyclic amines) is 1. The van der Waals surface area contributed by atoms with Gasteiger partial charge in [-0.05, 0) is 38.8 Å². The number of hydrogen-bond donors (Lipinski definition) is 1. The summed E-state index contributed by atoms with van der Waals surface area (Å²) in [6.45, 7) is 4.13. The molecule has 2 unspecified atom stereocenters. The lowest BCUT2D eigenvalue weighted by Gasteiger charge is -2.22. The van der Waals surface area contributed by atoms with E-state index in [9.17, 15) is 0 Å². The molecule has 12 heavy (non-hydrogen) atoms. The van der Waals surface area contributed by atoms with E-state index in [2.05, 4.69) is 23.7 Å². The Labute approximate surface area is 74.8 Å².